The van der Waals surface area contributed by atoms with E-state index < -0.39 is 22.5 Å². The second-order valence-electron chi connectivity index (χ2n) is 4.22. The Morgan fingerprint density at radius 2 is 1.86 bits per heavy atom. The summed E-state index contributed by atoms with van der Waals surface area (Å²) in [5.74, 6) is -0.764. The highest BCUT2D eigenvalue weighted by Gasteiger charge is 2.20. The minimum absolute atomic E-state index is 0.00217. The lowest BCUT2D eigenvalue weighted by molar-refractivity contribution is -0.383. The Balaban J connectivity index is 2.47. The van der Waals surface area contributed by atoms with Crippen molar-refractivity contribution in [3.63, 3.8) is 0 Å². The highest BCUT2D eigenvalue weighted by Crippen LogP contribution is 2.26. The lowest BCUT2D eigenvalue weighted by atomic mass is 10.0. The molecule has 0 aliphatic heterocycles. The molecule has 0 spiro atoms. The molecule has 0 radical (unpaired) electrons. The maximum Gasteiger partial charge on any atom is 0.511 e. The number of rotatable bonds is 4. The van der Waals surface area contributed by atoms with Crippen molar-refractivity contribution in [2.24, 2.45) is 0 Å². The van der Waals surface area contributed by atoms with Crippen LogP contribution in [0, 0.1) is 10.1 Å². The third-order valence-electron chi connectivity index (χ3n) is 2.82. The Bertz CT molecular complexity index is 772. The quantitative estimate of drug-likeness (QED) is 0.221. The first-order chi connectivity index (χ1) is 10.4. The van der Waals surface area contributed by atoms with Gasteiger partial charge in [0.15, 0.2) is 5.78 Å². The molecule has 0 atom stereocenters. The van der Waals surface area contributed by atoms with Crippen LogP contribution in [0.3, 0.4) is 0 Å². The Kier molecular flexibility index (Phi) is 4.03. The molecule has 0 saturated heterocycles. The van der Waals surface area contributed by atoms with E-state index in [9.17, 15) is 19.7 Å². The van der Waals surface area contributed by atoms with E-state index in [0.717, 1.165) is 6.07 Å². The number of para-hydroxylation sites is 1. The van der Waals surface area contributed by atoms with Crippen LogP contribution >= 0.6 is 0 Å². The van der Waals surface area contributed by atoms with Crippen LogP contribution in [-0.4, -0.2) is 22.0 Å². The van der Waals surface area contributed by atoms with Crippen LogP contribution in [0.1, 0.15) is 15.9 Å². The SMILES string of the molecule is Nc1ccc(C(=O)c2ccccc2OC(=O)O)cc1[N+](=O)[O-]. The van der Waals surface area contributed by atoms with Crippen LogP contribution < -0.4 is 10.5 Å². The van der Waals surface area contributed by atoms with Gasteiger partial charge < -0.3 is 15.6 Å². The van der Waals surface area contributed by atoms with E-state index in [0.29, 0.717) is 0 Å². The first-order valence-corrected chi connectivity index (χ1v) is 5.98. The molecular weight excluding hydrogens is 292 g/mol. The van der Waals surface area contributed by atoms with Gasteiger partial charge >= 0.3 is 6.16 Å². The molecular formula is C14H10N2O6. The summed E-state index contributed by atoms with van der Waals surface area (Å²) in [6.45, 7) is 0. The van der Waals surface area contributed by atoms with E-state index in [4.69, 9.17) is 10.8 Å². The number of carboxylic acid groups (broad SMARTS) is 1. The van der Waals surface area contributed by atoms with E-state index in [1.165, 1.54) is 36.4 Å². The van der Waals surface area contributed by atoms with Gasteiger partial charge in [0, 0.05) is 11.6 Å². The standard InChI is InChI=1S/C14H10N2O6/c15-10-6-5-8(7-11(10)16(20)21)13(17)9-3-1-2-4-12(9)22-14(18)19/h1-7H,15H2,(H,18,19). The number of nitro benzene ring substituents is 1. The number of hydrogen-bond acceptors (Lipinski definition) is 6. The van der Waals surface area contributed by atoms with Gasteiger partial charge in [-0.3, -0.25) is 14.9 Å². The summed E-state index contributed by atoms with van der Waals surface area (Å²) in [4.78, 5) is 33.2. The molecule has 2 rings (SSSR count). The van der Waals surface area contributed by atoms with Crippen molar-refractivity contribution in [1.29, 1.82) is 0 Å². The van der Waals surface area contributed by atoms with Crippen molar-refractivity contribution in [2.45, 2.75) is 0 Å². The largest absolute Gasteiger partial charge is 0.511 e. The highest BCUT2D eigenvalue weighted by atomic mass is 16.7. The van der Waals surface area contributed by atoms with Crippen molar-refractivity contribution >= 4 is 23.3 Å². The van der Waals surface area contributed by atoms with Gasteiger partial charge in [-0.15, -0.1) is 0 Å². The zero-order valence-electron chi connectivity index (χ0n) is 11.1. The van der Waals surface area contributed by atoms with Crippen LogP contribution in [0.4, 0.5) is 16.2 Å². The fourth-order valence-corrected chi connectivity index (χ4v) is 1.84. The van der Waals surface area contributed by atoms with Gasteiger partial charge in [0.2, 0.25) is 0 Å². The number of ether oxygens (including phenoxy) is 1. The van der Waals surface area contributed by atoms with Crippen LogP contribution in [0.5, 0.6) is 5.75 Å². The van der Waals surface area contributed by atoms with Crippen LogP contribution in [-0.2, 0) is 0 Å². The first-order valence-electron chi connectivity index (χ1n) is 5.98. The van der Waals surface area contributed by atoms with Crippen LogP contribution in [0.2, 0.25) is 0 Å². The number of ketones is 1. The predicted molar refractivity (Wildman–Crippen MR) is 76.0 cm³/mol. The molecule has 8 heteroatoms. The Labute approximate surface area is 123 Å². The van der Waals surface area contributed by atoms with Crippen molar-refractivity contribution < 1.29 is 24.4 Å². The molecule has 0 aliphatic carbocycles. The predicted octanol–water partition coefficient (Wildman–Crippen LogP) is 2.46. The molecule has 0 bridgehead atoms. The molecule has 3 N–H and O–H groups in total. The molecule has 2 aromatic carbocycles. The Morgan fingerprint density at radius 3 is 2.50 bits per heavy atom. The zero-order chi connectivity index (χ0) is 16.3. The number of benzene rings is 2. The molecule has 22 heavy (non-hydrogen) atoms. The van der Waals surface area contributed by atoms with Crippen LogP contribution in [0.25, 0.3) is 0 Å². The van der Waals surface area contributed by atoms with Crippen molar-refractivity contribution in [3.8, 4) is 5.75 Å². The van der Waals surface area contributed by atoms with Crippen molar-refractivity contribution in [2.75, 3.05) is 5.73 Å². The van der Waals surface area contributed by atoms with Gasteiger partial charge in [-0.1, -0.05) is 12.1 Å². The number of carbonyl (C=O) groups is 2. The number of anilines is 1. The lowest BCUT2D eigenvalue weighted by Gasteiger charge is -2.07. The molecule has 0 aliphatic rings. The Hall–Kier alpha value is -3.42. The molecule has 112 valence electrons. The lowest BCUT2D eigenvalue weighted by Crippen LogP contribution is -2.09. The number of nitrogens with zero attached hydrogens (tertiary/aromatic N) is 1. The average Bonchev–Trinajstić information content (AvgIpc) is 2.46. The first kappa shape index (κ1) is 15.0. The van der Waals surface area contributed by atoms with Crippen molar-refractivity contribution in [1.82, 2.24) is 0 Å². The topological polar surface area (TPSA) is 133 Å². The minimum Gasteiger partial charge on any atom is -0.449 e. The molecule has 0 fully saturated rings. The summed E-state index contributed by atoms with van der Waals surface area (Å²) >= 11 is 0. The third kappa shape index (κ3) is 3.01. The van der Waals surface area contributed by atoms with E-state index in [-0.39, 0.29) is 22.6 Å². The van der Waals surface area contributed by atoms with E-state index in [1.807, 2.05) is 0 Å². The summed E-state index contributed by atoms with van der Waals surface area (Å²) < 4.78 is 4.53. The molecule has 0 unspecified atom stereocenters. The molecule has 0 aromatic heterocycles. The summed E-state index contributed by atoms with van der Waals surface area (Å²) in [6, 6.07) is 9.30. The zero-order valence-corrected chi connectivity index (χ0v) is 11.1. The summed E-state index contributed by atoms with van der Waals surface area (Å²) in [6.07, 6.45) is -1.57. The molecule has 0 heterocycles. The molecule has 0 amide bonds. The average molecular weight is 302 g/mol. The number of nitro groups is 1. The van der Waals surface area contributed by atoms with Gasteiger partial charge in [-0.2, -0.15) is 0 Å². The van der Waals surface area contributed by atoms with Crippen molar-refractivity contribution in [3.05, 3.63) is 63.7 Å². The number of nitrogen functional groups attached to an aromatic ring is 1. The monoisotopic (exact) mass is 302 g/mol. The highest BCUT2D eigenvalue weighted by molar-refractivity contribution is 6.11. The summed E-state index contributed by atoms with van der Waals surface area (Å²) in [5.41, 5.74) is 4.97. The third-order valence-corrected chi connectivity index (χ3v) is 2.82. The Morgan fingerprint density at radius 1 is 1.18 bits per heavy atom. The fraction of sp³-hybridized carbons (Fsp3) is 0. The summed E-state index contributed by atoms with van der Waals surface area (Å²) in [5, 5.41) is 19.5. The maximum absolute atomic E-state index is 12.4. The molecule has 8 nitrogen and oxygen atoms in total. The fourth-order valence-electron chi connectivity index (χ4n) is 1.84. The maximum atomic E-state index is 12.4. The van der Waals surface area contributed by atoms with Gasteiger partial charge in [0.05, 0.1) is 10.5 Å². The van der Waals surface area contributed by atoms with Gasteiger partial charge in [-0.05, 0) is 24.3 Å². The number of nitrogens with two attached hydrogens (primary N) is 1. The number of carbonyl (C=O) groups excluding carboxylic acids is 1. The second-order valence-corrected chi connectivity index (χ2v) is 4.22. The number of hydrogen-bond donors (Lipinski definition) is 2. The van der Waals surface area contributed by atoms with Crippen LogP contribution in [0.15, 0.2) is 42.5 Å². The van der Waals surface area contributed by atoms with E-state index in [1.54, 1.807) is 0 Å². The minimum atomic E-state index is -1.57. The molecule has 0 saturated carbocycles. The van der Waals surface area contributed by atoms with E-state index >= 15 is 0 Å². The smallest absolute Gasteiger partial charge is 0.449 e. The van der Waals surface area contributed by atoms with Gasteiger partial charge in [-0.25, -0.2) is 4.79 Å². The second kappa shape index (κ2) is 5.92. The molecule has 2 aromatic rings. The summed E-state index contributed by atoms with van der Waals surface area (Å²) in [7, 11) is 0. The van der Waals surface area contributed by atoms with Gasteiger partial charge in [0.25, 0.3) is 5.69 Å². The van der Waals surface area contributed by atoms with Gasteiger partial charge in [0.1, 0.15) is 11.4 Å². The normalized spacial score (nSPS) is 10.0. The van der Waals surface area contributed by atoms with E-state index in [2.05, 4.69) is 4.74 Å².